The smallest absolute Gasteiger partial charge is 0.00392 e. The lowest BCUT2D eigenvalue weighted by molar-refractivity contribution is 0.374. The molecule has 0 radical (unpaired) electrons. The minimum Gasteiger partial charge on any atom is -0.328 e. The van der Waals surface area contributed by atoms with E-state index in [2.05, 4.69) is 26.0 Å². The van der Waals surface area contributed by atoms with Gasteiger partial charge in [0, 0.05) is 6.04 Å². The Balaban J connectivity index is 0.00000144. The van der Waals surface area contributed by atoms with Crippen molar-refractivity contribution in [3.8, 4) is 0 Å². The number of rotatable bonds is 2. The van der Waals surface area contributed by atoms with Gasteiger partial charge >= 0.3 is 0 Å². The molecule has 0 heterocycles. The van der Waals surface area contributed by atoms with Gasteiger partial charge in [0.2, 0.25) is 0 Å². The molecule has 0 aliphatic heterocycles. The van der Waals surface area contributed by atoms with Gasteiger partial charge < -0.3 is 5.73 Å². The van der Waals surface area contributed by atoms with Crippen molar-refractivity contribution in [2.45, 2.75) is 45.6 Å². The second-order valence-electron chi connectivity index (χ2n) is 4.30. The summed E-state index contributed by atoms with van der Waals surface area (Å²) >= 11 is 0. The van der Waals surface area contributed by atoms with Gasteiger partial charge in [-0.1, -0.05) is 26.0 Å². The minimum absolute atomic E-state index is 0. The fraction of sp³-hybridized carbons (Fsp3) is 0.818. The van der Waals surface area contributed by atoms with Crippen LogP contribution in [0.4, 0.5) is 0 Å². The van der Waals surface area contributed by atoms with Gasteiger partial charge in [0.05, 0.1) is 0 Å². The molecule has 1 aliphatic rings. The van der Waals surface area contributed by atoms with E-state index in [0.29, 0.717) is 12.0 Å². The van der Waals surface area contributed by atoms with Gasteiger partial charge in [-0.3, -0.25) is 0 Å². The Bertz CT molecular complexity index is 146. The zero-order valence-corrected chi connectivity index (χ0v) is 9.52. The van der Waals surface area contributed by atoms with Gasteiger partial charge in [-0.25, -0.2) is 0 Å². The largest absolute Gasteiger partial charge is 0.328 e. The maximum absolute atomic E-state index is 5.83. The highest BCUT2D eigenvalue weighted by Crippen LogP contribution is 2.24. The van der Waals surface area contributed by atoms with Crippen LogP contribution >= 0.6 is 12.4 Å². The van der Waals surface area contributed by atoms with Crippen molar-refractivity contribution in [1.82, 2.24) is 0 Å². The van der Waals surface area contributed by atoms with E-state index in [4.69, 9.17) is 5.73 Å². The molecule has 1 aliphatic carbocycles. The maximum atomic E-state index is 5.83. The Morgan fingerprint density at radius 3 is 2.15 bits per heavy atom. The zero-order valence-electron chi connectivity index (χ0n) is 8.70. The fourth-order valence-corrected chi connectivity index (χ4v) is 1.72. The third kappa shape index (κ3) is 5.33. The van der Waals surface area contributed by atoms with Crippen molar-refractivity contribution in [1.29, 1.82) is 0 Å². The molecule has 0 aromatic carbocycles. The minimum atomic E-state index is 0. The van der Waals surface area contributed by atoms with Crippen LogP contribution in [-0.2, 0) is 0 Å². The summed E-state index contributed by atoms with van der Waals surface area (Å²) in [5, 5.41) is 0. The lowest BCUT2D eigenvalue weighted by Gasteiger charge is -2.23. The molecule has 0 aromatic rings. The first-order chi connectivity index (χ1) is 5.68. The standard InChI is InChI=1S/C11H21N.ClH/c1-9(2)3-4-10-5-7-11(12)8-6-10;/h3-4,9-11H,5-8,12H2,1-2H3;1H. The first-order valence-corrected chi connectivity index (χ1v) is 5.12. The van der Waals surface area contributed by atoms with Crippen molar-refractivity contribution in [2.24, 2.45) is 17.6 Å². The summed E-state index contributed by atoms with van der Waals surface area (Å²) in [5.41, 5.74) is 5.83. The Morgan fingerprint density at radius 1 is 1.15 bits per heavy atom. The third-order valence-corrected chi connectivity index (χ3v) is 2.58. The molecule has 2 N–H and O–H groups in total. The van der Waals surface area contributed by atoms with E-state index in [1.807, 2.05) is 0 Å². The van der Waals surface area contributed by atoms with Crippen LogP contribution in [0.5, 0.6) is 0 Å². The van der Waals surface area contributed by atoms with Gasteiger partial charge in [0.15, 0.2) is 0 Å². The average Bonchev–Trinajstić information content (AvgIpc) is 2.03. The SMILES string of the molecule is CC(C)C=CC1CCC(N)CC1.Cl. The molecule has 0 unspecified atom stereocenters. The lowest BCUT2D eigenvalue weighted by atomic mass is 9.86. The van der Waals surface area contributed by atoms with Crippen LogP contribution in [0.3, 0.4) is 0 Å². The van der Waals surface area contributed by atoms with E-state index in [0.717, 1.165) is 5.92 Å². The maximum Gasteiger partial charge on any atom is 0.00392 e. The van der Waals surface area contributed by atoms with E-state index in [1.54, 1.807) is 0 Å². The van der Waals surface area contributed by atoms with E-state index in [-0.39, 0.29) is 12.4 Å². The summed E-state index contributed by atoms with van der Waals surface area (Å²) in [4.78, 5) is 0. The first kappa shape index (κ1) is 13.0. The topological polar surface area (TPSA) is 26.0 Å². The molecule has 0 atom stereocenters. The molecule has 78 valence electrons. The summed E-state index contributed by atoms with van der Waals surface area (Å²) in [6.07, 6.45) is 9.73. The summed E-state index contributed by atoms with van der Waals surface area (Å²) in [6, 6.07) is 0.480. The normalized spacial score (nSPS) is 29.2. The molecular weight excluding hydrogens is 182 g/mol. The summed E-state index contributed by atoms with van der Waals surface area (Å²) in [5.74, 6) is 1.51. The molecule has 2 heteroatoms. The summed E-state index contributed by atoms with van der Waals surface area (Å²) in [7, 11) is 0. The van der Waals surface area contributed by atoms with Crippen LogP contribution < -0.4 is 5.73 Å². The molecule has 1 fully saturated rings. The molecule has 13 heavy (non-hydrogen) atoms. The van der Waals surface area contributed by atoms with Crippen LogP contribution in [0.25, 0.3) is 0 Å². The molecule has 1 saturated carbocycles. The summed E-state index contributed by atoms with van der Waals surface area (Å²) in [6.45, 7) is 4.45. The quantitative estimate of drug-likeness (QED) is 0.686. The van der Waals surface area contributed by atoms with Gasteiger partial charge in [-0.2, -0.15) is 0 Å². The van der Waals surface area contributed by atoms with Crippen molar-refractivity contribution < 1.29 is 0 Å². The monoisotopic (exact) mass is 203 g/mol. The van der Waals surface area contributed by atoms with Crippen LogP contribution in [0.2, 0.25) is 0 Å². The van der Waals surface area contributed by atoms with E-state index >= 15 is 0 Å². The zero-order chi connectivity index (χ0) is 8.97. The van der Waals surface area contributed by atoms with Crippen LogP contribution in [0.1, 0.15) is 39.5 Å². The predicted octanol–water partition coefficient (Wildman–Crippen LogP) is 3.14. The van der Waals surface area contributed by atoms with Crippen molar-refractivity contribution in [3.05, 3.63) is 12.2 Å². The van der Waals surface area contributed by atoms with Crippen molar-refractivity contribution >= 4 is 12.4 Å². The number of nitrogens with two attached hydrogens (primary N) is 1. The van der Waals surface area contributed by atoms with Crippen LogP contribution in [0, 0.1) is 11.8 Å². The highest BCUT2D eigenvalue weighted by atomic mass is 35.5. The van der Waals surface area contributed by atoms with Crippen molar-refractivity contribution in [3.63, 3.8) is 0 Å². The number of halogens is 1. The number of hydrogen-bond acceptors (Lipinski definition) is 1. The second-order valence-corrected chi connectivity index (χ2v) is 4.30. The van der Waals surface area contributed by atoms with E-state index in [1.165, 1.54) is 25.7 Å². The molecule has 1 nitrogen and oxygen atoms in total. The molecule has 0 spiro atoms. The highest BCUT2D eigenvalue weighted by molar-refractivity contribution is 5.85. The van der Waals surface area contributed by atoms with Crippen molar-refractivity contribution in [2.75, 3.05) is 0 Å². The fourth-order valence-electron chi connectivity index (χ4n) is 1.72. The molecule has 1 rings (SSSR count). The van der Waals surface area contributed by atoms with E-state index in [9.17, 15) is 0 Å². The van der Waals surface area contributed by atoms with Crippen LogP contribution in [-0.4, -0.2) is 6.04 Å². The Hall–Kier alpha value is -0.0100. The van der Waals surface area contributed by atoms with E-state index < -0.39 is 0 Å². The Labute approximate surface area is 88.2 Å². The van der Waals surface area contributed by atoms with Gasteiger partial charge in [-0.05, 0) is 37.5 Å². The Kier molecular flexibility index (Phi) is 6.44. The first-order valence-electron chi connectivity index (χ1n) is 5.12. The number of allylic oxidation sites excluding steroid dienone is 2. The predicted molar refractivity (Wildman–Crippen MR) is 61.2 cm³/mol. The average molecular weight is 204 g/mol. The van der Waals surface area contributed by atoms with Gasteiger partial charge in [0.1, 0.15) is 0 Å². The Morgan fingerprint density at radius 2 is 1.69 bits per heavy atom. The molecule has 0 saturated heterocycles. The highest BCUT2D eigenvalue weighted by Gasteiger charge is 2.15. The third-order valence-electron chi connectivity index (χ3n) is 2.58. The second kappa shape index (κ2) is 6.44. The van der Waals surface area contributed by atoms with Gasteiger partial charge in [0.25, 0.3) is 0 Å². The number of hydrogen-bond donors (Lipinski definition) is 1. The molecule has 0 amide bonds. The molecule has 0 aromatic heterocycles. The molecular formula is C11H22ClN. The van der Waals surface area contributed by atoms with Gasteiger partial charge in [-0.15, -0.1) is 12.4 Å². The molecule has 0 bridgehead atoms. The lowest BCUT2D eigenvalue weighted by Crippen LogP contribution is -2.25. The van der Waals surface area contributed by atoms with Crippen LogP contribution in [0.15, 0.2) is 12.2 Å². The summed E-state index contributed by atoms with van der Waals surface area (Å²) < 4.78 is 0.